The van der Waals surface area contributed by atoms with Crippen molar-refractivity contribution in [2.75, 3.05) is 26.7 Å². The fourth-order valence-corrected chi connectivity index (χ4v) is 0.942. The summed E-state index contributed by atoms with van der Waals surface area (Å²) in [7, 11) is -1.18. The van der Waals surface area contributed by atoms with Gasteiger partial charge in [0.1, 0.15) is 6.61 Å². The minimum absolute atomic E-state index is 0.0555. The van der Waals surface area contributed by atoms with E-state index in [4.69, 9.17) is 4.89 Å². The van der Waals surface area contributed by atoms with Crippen LogP contribution in [0.25, 0.3) is 0 Å². The quantitative estimate of drug-likeness (QED) is 0.708. The van der Waals surface area contributed by atoms with Gasteiger partial charge >= 0.3 is 14.4 Å². The Bertz CT molecular complexity index is 188. The van der Waals surface area contributed by atoms with E-state index in [2.05, 4.69) is 4.52 Å². The summed E-state index contributed by atoms with van der Waals surface area (Å²) in [6.07, 6.45) is -5.06. The third-order valence-corrected chi connectivity index (χ3v) is 1.86. The molecule has 0 spiro atoms. The molecule has 14 heavy (non-hydrogen) atoms. The maximum absolute atomic E-state index is 11.7. The lowest BCUT2D eigenvalue weighted by atomic mass is 10.4. The molecule has 0 aliphatic heterocycles. The average molecular weight is 234 g/mol. The van der Waals surface area contributed by atoms with E-state index in [-0.39, 0.29) is 19.7 Å². The van der Waals surface area contributed by atoms with E-state index in [1.165, 1.54) is 11.9 Å². The van der Waals surface area contributed by atoms with Crippen LogP contribution in [-0.4, -0.2) is 42.7 Å². The van der Waals surface area contributed by atoms with Crippen molar-refractivity contribution in [2.45, 2.75) is 12.6 Å². The van der Waals surface area contributed by atoms with Crippen LogP contribution < -0.4 is 0 Å². The summed E-state index contributed by atoms with van der Waals surface area (Å²) in [4.78, 5) is 9.59. The van der Waals surface area contributed by atoms with Crippen LogP contribution in [0.15, 0.2) is 0 Å². The van der Waals surface area contributed by atoms with Gasteiger partial charge in [0.05, 0.1) is 6.42 Å². The van der Waals surface area contributed by atoms with Crippen LogP contribution in [0.1, 0.15) is 6.42 Å². The maximum Gasteiger partial charge on any atom is 0.694 e. The summed E-state index contributed by atoms with van der Waals surface area (Å²) < 4.78 is 49.5. The summed E-state index contributed by atoms with van der Waals surface area (Å²) in [5.41, 5.74) is 0. The van der Waals surface area contributed by atoms with Crippen molar-refractivity contribution < 1.29 is 27.2 Å². The van der Waals surface area contributed by atoms with E-state index in [0.717, 1.165) is 0 Å². The van der Waals surface area contributed by atoms with Crippen LogP contribution in [-0.2, 0) is 9.09 Å². The maximum atomic E-state index is 11.7. The monoisotopic (exact) mass is 234 g/mol. The zero-order valence-corrected chi connectivity index (χ0v) is 8.51. The Morgan fingerprint density at radius 1 is 1.43 bits per heavy atom. The lowest BCUT2D eigenvalue weighted by Crippen LogP contribution is -2.27. The standard InChI is InChI=1S/C6H11F3NO3P/c1-10(3-2-6(7,8)9)4-5-13-14(11)12/h2-5H2,1H3/p+1. The van der Waals surface area contributed by atoms with Crippen LogP contribution in [0.2, 0.25) is 0 Å². The first kappa shape index (κ1) is 13.8. The molecule has 0 aliphatic carbocycles. The van der Waals surface area contributed by atoms with Crippen molar-refractivity contribution in [3.8, 4) is 0 Å². The molecule has 0 saturated carbocycles. The third-order valence-electron chi connectivity index (χ3n) is 1.45. The van der Waals surface area contributed by atoms with E-state index in [1.807, 2.05) is 0 Å². The van der Waals surface area contributed by atoms with Gasteiger partial charge in [0, 0.05) is 17.7 Å². The Balaban J connectivity index is 3.46. The lowest BCUT2D eigenvalue weighted by Gasteiger charge is -2.15. The van der Waals surface area contributed by atoms with Crippen LogP contribution in [0.5, 0.6) is 0 Å². The molecule has 0 fully saturated rings. The zero-order chi connectivity index (χ0) is 11.2. The largest absolute Gasteiger partial charge is 0.694 e. The van der Waals surface area contributed by atoms with E-state index in [9.17, 15) is 17.7 Å². The van der Waals surface area contributed by atoms with Crippen molar-refractivity contribution in [1.29, 1.82) is 0 Å². The first-order valence-electron chi connectivity index (χ1n) is 3.85. The number of hydrogen-bond acceptors (Lipinski definition) is 3. The summed E-state index contributed by atoms with van der Waals surface area (Å²) in [5.74, 6) is 0. The van der Waals surface area contributed by atoms with Gasteiger partial charge in [-0.15, -0.1) is 9.42 Å². The average Bonchev–Trinajstić information content (AvgIpc) is 1.99. The summed E-state index contributed by atoms with van der Waals surface area (Å²) in [5, 5.41) is 0. The molecular formula is C6H12F3NO3P+. The van der Waals surface area contributed by atoms with Gasteiger partial charge in [0.2, 0.25) is 0 Å². The molecule has 1 unspecified atom stereocenters. The lowest BCUT2D eigenvalue weighted by molar-refractivity contribution is -0.137. The number of likely N-dealkylation sites (N-methyl/N-ethyl adjacent to an activating group) is 1. The third kappa shape index (κ3) is 9.85. The van der Waals surface area contributed by atoms with Gasteiger partial charge in [-0.1, -0.05) is 0 Å². The van der Waals surface area contributed by atoms with Gasteiger partial charge in [-0.25, -0.2) is 0 Å². The number of alkyl halides is 3. The second kappa shape index (κ2) is 6.29. The molecule has 84 valence electrons. The molecule has 0 amide bonds. The number of hydrogen-bond donors (Lipinski definition) is 1. The SMILES string of the molecule is CN(CCO[P+](=O)O)CCC(F)(F)F. The minimum atomic E-state index is -4.17. The molecule has 0 bridgehead atoms. The molecule has 0 rings (SSSR count). The highest BCUT2D eigenvalue weighted by atomic mass is 31.1. The highest BCUT2D eigenvalue weighted by Gasteiger charge is 2.27. The Hall–Kier alpha value is -0.230. The first-order chi connectivity index (χ1) is 6.31. The fourth-order valence-electron chi connectivity index (χ4n) is 0.704. The van der Waals surface area contributed by atoms with Crippen LogP contribution >= 0.6 is 8.25 Å². The molecule has 0 aliphatic rings. The predicted octanol–water partition coefficient (Wildman–Crippen LogP) is 1.54. The van der Waals surface area contributed by atoms with Crippen molar-refractivity contribution in [3.05, 3.63) is 0 Å². The van der Waals surface area contributed by atoms with Gasteiger partial charge in [-0.05, 0) is 7.05 Å². The summed E-state index contributed by atoms with van der Waals surface area (Å²) in [6, 6.07) is 0. The predicted molar refractivity (Wildman–Crippen MR) is 43.9 cm³/mol. The van der Waals surface area contributed by atoms with Gasteiger partial charge in [-0.2, -0.15) is 13.2 Å². The normalized spacial score (nSPS) is 13.4. The van der Waals surface area contributed by atoms with E-state index < -0.39 is 20.9 Å². The molecule has 1 atom stereocenters. The van der Waals surface area contributed by atoms with Crippen molar-refractivity contribution in [1.82, 2.24) is 4.90 Å². The van der Waals surface area contributed by atoms with Crippen LogP contribution in [0.4, 0.5) is 13.2 Å². The molecule has 0 aromatic heterocycles. The van der Waals surface area contributed by atoms with Crippen molar-refractivity contribution in [2.24, 2.45) is 0 Å². The van der Waals surface area contributed by atoms with Crippen molar-refractivity contribution in [3.63, 3.8) is 0 Å². The zero-order valence-electron chi connectivity index (χ0n) is 7.62. The van der Waals surface area contributed by atoms with Gasteiger partial charge in [0.25, 0.3) is 0 Å². The molecule has 0 radical (unpaired) electrons. The summed E-state index contributed by atoms with van der Waals surface area (Å²) in [6.45, 7) is -0.00710. The molecule has 0 saturated heterocycles. The van der Waals surface area contributed by atoms with E-state index >= 15 is 0 Å². The number of rotatable bonds is 6. The fraction of sp³-hybridized carbons (Fsp3) is 1.00. The Kier molecular flexibility index (Phi) is 6.19. The van der Waals surface area contributed by atoms with Crippen LogP contribution in [0, 0.1) is 0 Å². The highest BCUT2D eigenvalue weighted by Crippen LogP contribution is 2.19. The second-order valence-corrected chi connectivity index (χ2v) is 3.47. The highest BCUT2D eigenvalue weighted by molar-refractivity contribution is 7.32. The topological polar surface area (TPSA) is 49.8 Å². The van der Waals surface area contributed by atoms with Gasteiger partial charge in [-0.3, -0.25) is 0 Å². The van der Waals surface area contributed by atoms with E-state index in [0.29, 0.717) is 0 Å². The molecular weight excluding hydrogens is 222 g/mol. The molecule has 0 heterocycles. The minimum Gasteiger partial charge on any atom is -0.304 e. The Morgan fingerprint density at radius 2 is 2.00 bits per heavy atom. The molecule has 0 aromatic rings. The number of nitrogens with zero attached hydrogens (tertiary/aromatic N) is 1. The van der Waals surface area contributed by atoms with Crippen molar-refractivity contribution >= 4 is 8.25 Å². The molecule has 0 aromatic carbocycles. The second-order valence-electron chi connectivity index (χ2n) is 2.74. The van der Waals surface area contributed by atoms with Crippen LogP contribution in [0.3, 0.4) is 0 Å². The number of halogens is 3. The molecule has 1 N–H and O–H groups in total. The van der Waals surface area contributed by atoms with Gasteiger partial charge < -0.3 is 4.90 Å². The summed E-state index contributed by atoms with van der Waals surface area (Å²) >= 11 is 0. The Labute approximate surface area is 80.6 Å². The first-order valence-corrected chi connectivity index (χ1v) is 4.98. The molecule has 8 heteroatoms. The van der Waals surface area contributed by atoms with Gasteiger partial charge in [0.15, 0.2) is 0 Å². The molecule has 4 nitrogen and oxygen atoms in total. The van der Waals surface area contributed by atoms with E-state index in [1.54, 1.807) is 0 Å². The smallest absolute Gasteiger partial charge is 0.304 e. The Morgan fingerprint density at radius 3 is 2.43 bits per heavy atom.